The summed E-state index contributed by atoms with van der Waals surface area (Å²) < 4.78 is 28.6. The second-order valence-electron chi connectivity index (χ2n) is 7.24. The van der Waals surface area contributed by atoms with Crippen LogP contribution >= 0.6 is 0 Å². The van der Waals surface area contributed by atoms with Gasteiger partial charge in [-0.1, -0.05) is 17.3 Å². The average Bonchev–Trinajstić information content (AvgIpc) is 3.36. The molecule has 0 atom stereocenters. The minimum atomic E-state index is -3.49. The van der Waals surface area contributed by atoms with Crippen LogP contribution in [0.4, 0.5) is 5.69 Å². The van der Waals surface area contributed by atoms with Crippen molar-refractivity contribution in [1.82, 2.24) is 19.3 Å². The predicted molar refractivity (Wildman–Crippen MR) is 110 cm³/mol. The molecule has 1 aliphatic rings. The van der Waals surface area contributed by atoms with Gasteiger partial charge in [0.15, 0.2) is 0 Å². The van der Waals surface area contributed by atoms with E-state index < -0.39 is 10.0 Å². The number of rotatable bonds is 6. The molecule has 1 saturated heterocycles. The quantitative estimate of drug-likeness (QED) is 0.670. The van der Waals surface area contributed by atoms with Gasteiger partial charge in [-0.15, -0.1) is 5.10 Å². The van der Waals surface area contributed by atoms with Crippen molar-refractivity contribution >= 4 is 32.7 Å². The maximum absolute atomic E-state index is 12.7. The molecular weight excluding hydrogens is 390 g/mol. The average molecular weight is 414 g/mol. The highest BCUT2D eigenvalue weighted by molar-refractivity contribution is 7.89. The van der Waals surface area contributed by atoms with E-state index in [1.807, 2.05) is 31.2 Å². The maximum Gasteiger partial charge on any atom is 0.243 e. The SMILES string of the molecule is Cc1cccc(NC(=O)CCn2nnc3cc(S(=O)(=O)N4CCCC4)ccc32)c1. The van der Waals surface area contributed by atoms with Crippen LogP contribution in [0.3, 0.4) is 0 Å². The third kappa shape index (κ3) is 4.15. The topological polar surface area (TPSA) is 97.2 Å². The standard InChI is InChI=1S/C20H23N5O3S/c1-15-5-4-6-16(13-15)21-20(26)9-12-25-19-8-7-17(14-18(19)22-23-25)29(27,28)24-10-2-3-11-24/h4-8,13-14H,2-3,9-12H2,1H3,(H,21,26). The van der Waals surface area contributed by atoms with E-state index in [9.17, 15) is 13.2 Å². The maximum atomic E-state index is 12.7. The Morgan fingerprint density at radius 2 is 1.93 bits per heavy atom. The van der Waals surface area contributed by atoms with Crippen LogP contribution in [0.15, 0.2) is 47.4 Å². The number of nitrogens with zero attached hydrogens (tertiary/aromatic N) is 4. The van der Waals surface area contributed by atoms with Crippen molar-refractivity contribution in [3.63, 3.8) is 0 Å². The zero-order valence-electron chi connectivity index (χ0n) is 16.2. The molecule has 9 heteroatoms. The third-order valence-corrected chi connectivity index (χ3v) is 6.94. The van der Waals surface area contributed by atoms with Crippen molar-refractivity contribution in [2.45, 2.75) is 37.6 Å². The van der Waals surface area contributed by atoms with Crippen LogP contribution in [-0.4, -0.2) is 46.7 Å². The van der Waals surface area contributed by atoms with Crippen molar-refractivity contribution in [2.75, 3.05) is 18.4 Å². The van der Waals surface area contributed by atoms with Gasteiger partial charge < -0.3 is 5.32 Å². The molecule has 2 heterocycles. The lowest BCUT2D eigenvalue weighted by molar-refractivity contribution is -0.116. The summed E-state index contributed by atoms with van der Waals surface area (Å²) in [5.41, 5.74) is 3.04. The second-order valence-corrected chi connectivity index (χ2v) is 9.18. The first-order chi connectivity index (χ1) is 13.9. The number of sulfonamides is 1. The van der Waals surface area contributed by atoms with Gasteiger partial charge in [0.1, 0.15) is 5.52 Å². The summed E-state index contributed by atoms with van der Waals surface area (Å²) in [6.07, 6.45) is 2.02. The predicted octanol–water partition coefficient (Wildman–Crippen LogP) is 2.55. The third-order valence-electron chi connectivity index (χ3n) is 5.04. The van der Waals surface area contributed by atoms with E-state index in [1.165, 1.54) is 4.31 Å². The number of anilines is 1. The lowest BCUT2D eigenvalue weighted by Gasteiger charge is -2.15. The van der Waals surface area contributed by atoms with E-state index in [1.54, 1.807) is 22.9 Å². The zero-order chi connectivity index (χ0) is 20.4. The van der Waals surface area contributed by atoms with E-state index in [0.29, 0.717) is 30.7 Å². The second kappa shape index (κ2) is 7.92. The number of fused-ring (bicyclic) bond motifs is 1. The minimum Gasteiger partial charge on any atom is -0.326 e. The first-order valence-corrected chi connectivity index (χ1v) is 11.1. The highest BCUT2D eigenvalue weighted by atomic mass is 32.2. The number of aromatic nitrogens is 3. The minimum absolute atomic E-state index is 0.118. The molecule has 8 nitrogen and oxygen atoms in total. The van der Waals surface area contributed by atoms with Gasteiger partial charge in [0.05, 0.1) is 17.0 Å². The molecule has 0 bridgehead atoms. The molecule has 0 aliphatic carbocycles. The Kier molecular flexibility index (Phi) is 5.33. The van der Waals surface area contributed by atoms with Crippen molar-refractivity contribution < 1.29 is 13.2 Å². The van der Waals surface area contributed by atoms with E-state index in [4.69, 9.17) is 0 Å². The highest BCUT2D eigenvalue weighted by Gasteiger charge is 2.27. The number of carbonyl (C=O) groups is 1. The summed E-state index contributed by atoms with van der Waals surface area (Å²) in [4.78, 5) is 12.5. The Labute approximate surface area is 169 Å². The Morgan fingerprint density at radius 3 is 2.69 bits per heavy atom. The van der Waals surface area contributed by atoms with Gasteiger partial charge in [0.2, 0.25) is 15.9 Å². The molecule has 0 unspecified atom stereocenters. The number of hydrogen-bond donors (Lipinski definition) is 1. The fraction of sp³-hybridized carbons (Fsp3) is 0.350. The fourth-order valence-electron chi connectivity index (χ4n) is 3.51. The Morgan fingerprint density at radius 1 is 1.14 bits per heavy atom. The van der Waals surface area contributed by atoms with E-state index in [-0.39, 0.29) is 17.2 Å². The molecule has 1 fully saturated rings. The summed E-state index contributed by atoms with van der Waals surface area (Å²) in [5, 5.41) is 11.0. The van der Waals surface area contributed by atoms with Gasteiger partial charge in [0, 0.05) is 25.2 Å². The fourth-order valence-corrected chi connectivity index (χ4v) is 5.05. The van der Waals surface area contributed by atoms with Crippen molar-refractivity contribution in [3.8, 4) is 0 Å². The van der Waals surface area contributed by atoms with Gasteiger partial charge in [-0.05, 0) is 55.7 Å². The number of aryl methyl sites for hydroxylation is 2. The number of amides is 1. The highest BCUT2D eigenvalue weighted by Crippen LogP contribution is 2.23. The molecule has 1 aromatic heterocycles. The summed E-state index contributed by atoms with van der Waals surface area (Å²) in [6, 6.07) is 12.5. The van der Waals surface area contributed by atoms with Crippen LogP contribution in [0.1, 0.15) is 24.8 Å². The Hall–Kier alpha value is -2.78. The molecule has 2 aromatic carbocycles. The number of benzene rings is 2. The van der Waals surface area contributed by atoms with Gasteiger partial charge in [-0.2, -0.15) is 4.31 Å². The molecule has 1 amide bonds. The lowest BCUT2D eigenvalue weighted by Crippen LogP contribution is -2.27. The Balaban J connectivity index is 1.46. The summed E-state index contributed by atoms with van der Waals surface area (Å²) in [6.45, 7) is 3.44. The Bertz CT molecular complexity index is 1150. The van der Waals surface area contributed by atoms with E-state index >= 15 is 0 Å². The molecule has 1 aliphatic heterocycles. The molecule has 4 rings (SSSR count). The molecule has 0 radical (unpaired) electrons. The van der Waals surface area contributed by atoms with Crippen LogP contribution in [0.2, 0.25) is 0 Å². The normalized spacial score (nSPS) is 15.1. The molecule has 3 aromatic rings. The van der Waals surface area contributed by atoms with Crippen molar-refractivity contribution in [2.24, 2.45) is 0 Å². The van der Waals surface area contributed by atoms with Crippen molar-refractivity contribution in [3.05, 3.63) is 48.0 Å². The van der Waals surface area contributed by atoms with Crippen LogP contribution in [0, 0.1) is 6.92 Å². The van der Waals surface area contributed by atoms with Gasteiger partial charge in [0.25, 0.3) is 0 Å². The first-order valence-electron chi connectivity index (χ1n) is 9.63. The number of nitrogens with one attached hydrogen (secondary N) is 1. The van der Waals surface area contributed by atoms with Crippen LogP contribution < -0.4 is 5.32 Å². The van der Waals surface area contributed by atoms with Gasteiger partial charge in [-0.25, -0.2) is 13.1 Å². The lowest BCUT2D eigenvalue weighted by atomic mass is 10.2. The van der Waals surface area contributed by atoms with Gasteiger partial charge >= 0.3 is 0 Å². The molecule has 1 N–H and O–H groups in total. The molecule has 152 valence electrons. The summed E-state index contributed by atoms with van der Waals surface area (Å²) in [7, 11) is -3.49. The monoisotopic (exact) mass is 413 g/mol. The molecular formula is C20H23N5O3S. The summed E-state index contributed by atoms with van der Waals surface area (Å²) in [5.74, 6) is -0.118. The zero-order valence-corrected chi connectivity index (χ0v) is 17.0. The molecule has 0 saturated carbocycles. The van der Waals surface area contributed by atoms with E-state index in [0.717, 1.165) is 24.1 Å². The number of carbonyl (C=O) groups excluding carboxylic acids is 1. The van der Waals surface area contributed by atoms with Crippen LogP contribution in [0.25, 0.3) is 11.0 Å². The number of hydrogen-bond acceptors (Lipinski definition) is 5. The first kappa shape index (κ1) is 19.5. The van der Waals surface area contributed by atoms with Crippen LogP contribution in [-0.2, 0) is 21.4 Å². The smallest absolute Gasteiger partial charge is 0.243 e. The van der Waals surface area contributed by atoms with Crippen molar-refractivity contribution in [1.29, 1.82) is 0 Å². The summed E-state index contributed by atoms with van der Waals surface area (Å²) >= 11 is 0. The van der Waals surface area contributed by atoms with Gasteiger partial charge in [-0.3, -0.25) is 4.79 Å². The largest absolute Gasteiger partial charge is 0.326 e. The van der Waals surface area contributed by atoms with E-state index in [2.05, 4.69) is 15.6 Å². The molecule has 0 spiro atoms. The molecule has 29 heavy (non-hydrogen) atoms. The van der Waals surface area contributed by atoms with Crippen LogP contribution in [0.5, 0.6) is 0 Å².